The summed E-state index contributed by atoms with van der Waals surface area (Å²) in [6.45, 7) is 0. The quantitative estimate of drug-likeness (QED) is 0.860. The molecule has 0 aliphatic heterocycles. The van der Waals surface area contributed by atoms with E-state index in [0.717, 1.165) is 24.7 Å². The Hall–Kier alpha value is -1.32. The van der Waals surface area contributed by atoms with Crippen LogP contribution in [0.5, 0.6) is 0 Å². The van der Waals surface area contributed by atoms with Crippen LogP contribution >= 0.6 is 0 Å². The number of aromatic amines is 1. The largest absolute Gasteiger partial charge is 0.309 e. The summed E-state index contributed by atoms with van der Waals surface area (Å²) in [4.78, 5) is 11.7. The van der Waals surface area contributed by atoms with Crippen molar-refractivity contribution >= 4 is 11.7 Å². The third kappa shape index (κ3) is 1.74. The van der Waals surface area contributed by atoms with Crippen LogP contribution in [-0.4, -0.2) is 16.1 Å². The molecule has 0 saturated heterocycles. The number of amides is 1. The summed E-state index contributed by atoms with van der Waals surface area (Å²) in [5.74, 6) is 3.54. The highest BCUT2D eigenvalue weighted by atomic mass is 16.2. The standard InChI is InChI=1S/C14H19N3O/c18-14(9-3-4-9)15-13-7-12(16-17-13)11-6-8-1-2-10(11)5-8/h7-11H,1-6H2,(H2,15,16,17,18). The van der Waals surface area contributed by atoms with Crippen molar-refractivity contribution in [2.24, 2.45) is 17.8 Å². The molecule has 1 heterocycles. The summed E-state index contributed by atoms with van der Waals surface area (Å²) >= 11 is 0. The Kier molecular flexibility index (Phi) is 2.26. The number of fused-ring (bicyclic) bond motifs is 2. The Morgan fingerprint density at radius 1 is 1.28 bits per heavy atom. The van der Waals surface area contributed by atoms with Crippen LogP contribution in [0.3, 0.4) is 0 Å². The SMILES string of the molecule is O=C(Nc1cc(C2CC3CCC2C3)[nH]n1)C1CC1. The van der Waals surface area contributed by atoms with Crippen LogP contribution in [-0.2, 0) is 4.79 Å². The number of nitrogens with one attached hydrogen (secondary N) is 2. The molecule has 1 amide bonds. The van der Waals surface area contributed by atoms with Crippen LogP contribution in [0.25, 0.3) is 0 Å². The van der Waals surface area contributed by atoms with Crippen LogP contribution in [0.4, 0.5) is 5.82 Å². The fraction of sp³-hybridized carbons (Fsp3) is 0.714. The first kappa shape index (κ1) is 10.6. The lowest BCUT2D eigenvalue weighted by Crippen LogP contribution is -2.13. The number of anilines is 1. The summed E-state index contributed by atoms with van der Waals surface area (Å²) in [6, 6.07) is 2.05. The van der Waals surface area contributed by atoms with Crippen molar-refractivity contribution in [1.29, 1.82) is 0 Å². The monoisotopic (exact) mass is 245 g/mol. The van der Waals surface area contributed by atoms with Crippen LogP contribution in [0.2, 0.25) is 0 Å². The average Bonchev–Trinajstić information content (AvgIpc) is 2.81. The molecular weight excluding hydrogens is 226 g/mol. The van der Waals surface area contributed by atoms with E-state index in [1.807, 2.05) is 6.07 Å². The Morgan fingerprint density at radius 3 is 2.83 bits per heavy atom. The highest BCUT2D eigenvalue weighted by Crippen LogP contribution is 2.52. The molecule has 0 aromatic carbocycles. The summed E-state index contributed by atoms with van der Waals surface area (Å²) < 4.78 is 0. The second-order valence-corrected chi connectivity index (χ2v) is 6.25. The number of hydrogen-bond acceptors (Lipinski definition) is 2. The van der Waals surface area contributed by atoms with Crippen molar-refractivity contribution in [3.05, 3.63) is 11.8 Å². The maximum absolute atomic E-state index is 11.7. The molecule has 4 nitrogen and oxygen atoms in total. The first-order valence-corrected chi connectivity index (χ1v) is 7.16. The predicted octanol–water partition coefficient (Wildman–Crippen LogP) is 2.66. The topological polar surface area (TPSA) is 57.8 Å². The van der Waals surface area contributed by atoms with Gasteiger partial charge in [0.2, 0.25) is 5.91 Å². The molecule has 2 N–H and O–H groups in total. The van der Waals surface area contributed by atoms with Crippen molar-refractivity contribution in [2.75, 3.05) is 5.32 Å². The lowest BCUT2D eigenvalue weighted by molar-refractivity contribution is -0.117. The molecule has 3 atom stereocenters. The number of aromatic nitrogens is 2. The van der Waals surface area contributed by atoms with E-state index in [2.05, 4.69) is 15.5 Å². The van der Waals surface area contributed by atoms with E-state index in [9.17, 15) is 4.79 Å². The Bertz CT molecular complexity index is 477. The number of carbonyl (C=O) groups is 1. The maximum Gasteiger partial charge on any atom is 0.228 e. The van der Waals surface area contributed by atoms with E-state index >= 15 is 0 Å². The molecule has 3 saturated carbocycles. The van der Waals surface area contributed by atoms with Crippen LogP contribution in [0.15, 0.2) is 6.07 Å². The van der Waals surface area contributed by atoms with Crippen LogP contribution in [0.1, 0.15) is 50.1 Å². The first-order valence-electron chi connectivity index (χ1n) is 7.16. The number of hydrogen-bond donors (Lipinski definition) is 2. The molecule has 3 aliphatic carbocycles. The highest BCUT2D eigenvalue weighted by molar-refractivity contribution is 5.93. The van der Waals surface area contributed by atoms with E-state index in [4.69, 9.17) is 0 Å². The molecule has 2 bridgehead atoms. The van der Waals surface area contributed by atoms with Gasteiger partial charge in [0, 0.05) is 23.6 Å². The van der Waals surface area contributed by atoms with E-state index in [-0.39, 0.29) is 11.8 Å². The minimum Gasteiger partial charge on any atom is -0.309 e. The van der Waals surface area contributed by atoms with Gasteiger partial charge in [-0.15, -0.1) is 0 Å². The zero-order valence-corrected chi connectivity index (χ0v) is 10.5. The van der Waals surface area contributed by atoms with Crippen molar-refractivity contribution < 1.29 is 4.79 Å². The molecule has 4 heteroatoms. The Balaban J connectivity index is 1.46. The van der Waals surface area contributed by atoms with Gasteiger partial charge in [0.25, 0.3) is 0 Å². The second kappa shape index (κ2) is 3.84. The van der Waals surface area contributed by atoms with Crippen molar-refractivity contribution in [1.82, 2.24) is 10.2 Å². The summed E-state index contributed by atoms with van der Waals surface area (Å²) in [6.07, 6.45) is 7.57. The maximum atomic E-state index is 11.7. The summed E-state index contributed by atoms with van der Waals surface area (Å²) in [5.41, 5.74) is 1.23. The van der Waals surface area contributed by atoms with Crippen molar-refractivity contribution in [2.45, 2.75) is 44.4 Å². The molecule has 4 rings (SSSR count). The highest BCUT2D eigenvalue weighted by Gasteiger charge is 2.41. The van der Waals surface area contributed by atoms with E-state index < -0.39 is 0 Å². The Labute approximate surface area is 107 Å². The van der Waals surface area contributed by atoms with E-state index in [1.54, 1.807) is 0 Å². The number of nitrogens with zero attached hydrogens (tertiary/aromatic N) is 1. The van der Waals surface area contributed by atoms with E-state index in [1.165, 1.54) is 31.4 Å². The number of carbonyl (C=O) groups excluding carboxylic acids is 1. The van der Waals surface area contributed by atoms with E-state index in [0.29, 0.717) is 11.7 Å². The summed E-state index contributed by atoms with van der Waals surface area (Å²) in [5, 5.41) is 10.3. The third-order valence-electron chi connectivity index (χ3n) is 4.93. The molecule has 0 spiro atoms. The van der Waals surface area contributed by atoms with Gasteiger partial charge in [-0.3, -0.25) is 9.89 Å². The molecule has 3 unspecified atom stereocenters. The molecule has 18 heavy (non-hydrogen) atoms. The fourth-order valence-corrected chi connectivity index (χ4v) is 3.79. The molecular formula is C14H19N3O. The van der Waals surface area contributed by atoms with Crippen LogP contribution < -0.4 is 5.32 Å². The minimum atomic E-state index is 0.140. The minimum absolute atomic E-state index is 0.140. The molecule has 1 aromatic heterocycles. The van der Waals surface area contributed by atoms with Crippen LogP contribution in [0, 0.1) is 17.8 Å². The zero-order chi connectivity index (χ0) is 12.1. The lowest BCUT2D eigenvalue weighted by atomic mass is 9.86. The lowest BCUT2D eigenvalue weighted by Gasteiger charge is -2.19. The van der Waals surface area contributed by atoms with Gasteiger partial charge < -0.3 is 5.32 Å². The van der Waals surface area contributed by atoms with Gasteiger partial charge in [-0.2, -0.15) is 5.10 Å². The second-order valence-electron chi connectivity index (χ2n) is 6.25. The van der Waals surface area contributed by atoms with Gasteiger partial charge in [0.05, 0.1) is 0 Å². The average molecular weight is 245 g/mol. The van der Waals surface area contributed by atoms with Crippen molar-refractivity contribution in [3.8, 4) is 0 Å². The summed E-state index contributed by atoms with van der Waals surface area (Å²) in [7, 11) is 0. The third-order valence-corrected chi connectivity index (χ3v) is 4.93. The molecule has 3 fully saturated rings. The first-order chi connectivity index (χ1) is 8.79. The molecule has 96 valence electrons. The molecule has 1 aromatic rings. The van der Waals surface area contributed by atoms with Gasteiger partial charge >= 0.3 is 0 Å². The predicted molar refractivity (Wildman–Crippen MR) is 68.1 cm³/mol. The Morgan fingerprint density at radius 2 is 2.17 bits per heavy atom. The fourth-order valence-electron chi connectivity index (χ4n) is 3.79. The molecule has 3 aliphatic rings. The molecule has 0 radical (unpaired) electrons. The number of rotatable bonds is 3. The van der Waals surface area contributed by atoms with Gasteiger partial charge in [-0.1, -0.05) is 6.42 Å². The zero-order valence-electron chi connectivity index (χ0n) is 10.5. The van der Waals surface area contributed by atoms with Gasteiger partial charge in [-0.25, -0.2) is 0 Å². The van der Waals surface area contributed by atoms with Gasteiger partial charge in [0.15, 0.2) is 5.82 Å². The van der Waals surface area contributed by atoms with Crippen molar-refractivity contribution in [3.63, 3.8) is 0 Å². The van der Waals surface area contributed by atoms with Gasteiger partial charge in [0.1, 0.15) is 0 Å². The normalized spacial score (nSPS) is 33.9. The smallest absolute Gasteiger partial charge is 0.228 e. The number of H-pyrrole nitrogens is 1. The van der Waals surface area contributed by atoms with Gasteiger partial charge in [-0.05, 0) is 43.9 Å².